The highest BCUT2D eigenvalue weighted by Gasteiger charge is 2.20. The van der Waals surface area contributed by atoms with Crippen LogP contribution in [0.25, 0.3) is 33.5 Å². The van der Waals surface area contributed by atoms with Crippen molar-refractivity contribution in [1.82, 2.24) is 24.7 Å². The SMILES string of the molecule is Cc1cccc(-c2[nH]c(N)nc2-c2ccc3c(cnn3C3CCCCO3)c2)n1. The molecule has 0 spiro atoms. The summed E-state index contributed by atoms with van der Waals surface area (Å²) >= 11 is 0. The van der Waals surface area contributed by atoms with Gasteiger partial charge in [0.25, 0.3) is 0 Å². The average Bonchev–Trinajstić information content (AvgIpc) is 3.31. The fraction of sp³-hybridized carbons (Fsp3) is 0.286. The van der Waals surface area contributed by atoms with Crippen molar-refractivity contribution in [1.29, 1.82) is 0 Å². The Labute approximate surface area is 162 Å². The van der Waals surface area contributed by atoms with Crippen molar-refractivity contribution in [2.24, 2.45) is 0 Å². The molecule has 1 saturated heterocycles. The van der Waals surface area contributed by atoms with Gasteiger partial charge in [-0.15, -0.1) is 0 Å². The van der Waals surface area contributed by atoms with Crippen LogP contribution in [0.1, 0.15) is 31.2 Å². The van der Waals surface area contributed by atoms with E-state index in [1.165, 1.54) is 6.42 Å². The van der Waals surface area contributed by atoms with E-state index in [4.69, 9.17) is 10.5 Å². The summed E-state index contributed by atoms with van der Waals surface area (Å²) in [5.41, 5.74) is 11.4. The predicted molar refractivity (Wildman–Crippen MR) is 109 cm³/mol. The molecule has 3 aromatic heterocycles. The maximum Gasteiger partial charge on any atom is 0.198 e. The largest absolute Gasteiger partial charge is 0.369 e. The van der Waals surface area contributed by atoms with Crippen molar-refractivity contribution in [2.45, 2.75) is 32.4 Å². The van der Waals surface area contributed by atoms with E-state index in [9.17, 15) is 0 Å². The molecule has 1 fully saturated rings. The minimum Gasteiger partial charge on any atom is -0.369 e. The lowest BCUT2D eigenvalue weighted by atomic mass is 10.1. The van der Waals surface area contributed by atoms with Gasteiger partial charge >= 0.3 is 0 Å². The molecule has 0 aliphatic carbocycles. The fourth-order valence-corrected chi connectivity index (χ4v) is 3.81. The maximum atomic E-state index is 5.98. The van der Waals surface area contributed by atoms with Crippen LogP contribution in [-0.4, -0.2) is 31.3 Å². The Balaban J connectivity index is 1.57. The van der Waals surface area contributed by atoms with E-state index in [0.29, 0.717) is 5.95 Å². The van der Waals surface area contributed by atoms with Crippen molar-refractivity contribution in [2.75, 3.05) is 12.3 Å². The molecule has 3 N–H and O–H groups in total. The Kier molecular flexibility index (Phi) is 4.09. The Morgan fingerprint density at radius 3 is 2.93 bits per heavy atom. The average molecular weight is 374 g/mol. The number of aromatic amines is 1. The van der Waals surface area contributed by atoms with Gasteiger partial charge in [-0.1, -0.05) is 12.1 Å². The van der Waals surface area contributed by atoms with Gasteiger partial charge in [0, 0.05) is 23.3 Å². The van der Waals surface area contributed by atoms with Crippen LogP contribution >= 0.6 is 0 Å². The highest BCUT2D eigenvalue weighted by molar-refractivity contribution is 5.87. The predicted octanol–water partition coefficient (Wildman–Crippen LogP) is 4.08. The van der Waals surface area contributed by atoms with Crippen molar-refractivity contribution >= 4 is 16.9 Å². The van der Waals surface area contributed by atoms with Gasteiger partial charge < -0.3 is 15.5 Å². The number of rotatable bonds is 3. The second-order valence-electron chi connectivity index (χ2n) is 7.19. The zero-order valence-electron chi connectivity index (χ0n) is 15.7. The van der Waals surface area contributed by atoms with Gasteiger partial charge in [-0.3, -0.25) is 4.98 Å². The van der Waals surface area contributed by atoms with Gasteiger partial charge in [0.2, 0.25) is 0 Å². The molecule has 0 amide bonds. The molecule has 7 nitrogen and oxygen atoms in total. The Morgan fingerprint density at radius 2 is 2.11 bits per heavy atom. The molecule has 0 saturated carbocycles. The number of imidazole rings is 1. The lowest BCUT2D eigenvalue weighted by Crippen LogP contribution is -2.18. The van der Waals surface area contributed by atoms with Gasteiger partial charge in [-0.05, 0) is 50.5 Å². The number of anilines is 1. The van der Waals surface area contributed by atoms with Crippen LogP contribution < -0.4 is 5.73 Å². The molecule has 1 atom stereocenters. The fourth-order valence-electron chi connectivity index (χ4n) is 3.81. The first kappa shape index (κ1) is 16.9. The minimum atomic E-state index is 0.0187. The highest BCUT2D eigenvalue weighted by Crippen LogP contribution is 2.33. The topological polar surface area (TPSA) is 94.6 Å². The summed E-state index contributed by atoms with van der Waals surface area (Å²) in [6.45, 7) is 2.76. The highest BCUT2D eigenvalue weighted by atomic mass is 16.5. The van der Waals surface area contributed by atoms with Crippen LogP contribution in [0.3, 0.4) is 0 Å². The second kappa shape index (κ2) is 6.76. The van der Waals surface area contributed by atoms with Crippen LogP contribution in [-0.2, 0) is 4.74 Å². The number of ether oxygens (including phenoxy) is 1. The third kappa shape index (κ3) is 2.93. The van der Waals surface area contributed by atoms with Gasteiger partial charge in [0.15, 0.2) is 12.2 Å². The van der Waals surface area contributed by atoms with Crippen LogP contribution in [0.2, 0.25) is 0 Å². The number of benzene rings is 1. The molecular weight excluding hydrogens is 352 g/mol. The molecule has 1 unspecified atom stereocenters. The van der Waals surface area contributed by atoms with Gasteiger partial charge in [0.1, 0.15) is 0 Å². The first-order chi connectivity index (χ1) is 13.7. The third-order valence-corrected chi connectivity index (χ3v) is 5.16. The first-order valence-corrected chi connectivity index (χ1v) is 9.58. The number of fused-ring (bicyclic) bond motifs is 1. The van der Waals surface area contributed by atoms with Crippen molar-refractivity contribution in [3.05, 3.63) is 48.3 Å². The molecule has 1 aliphatic rings. The minimum absolute atomic E-state index is 0.0187. The number of hydrogen-bond donors (Lipinski definition) is 2. The van der Waals surface area contributed by atoms with Crippen molar-refractivity contribution in [3.8, 4) is 22.6 Å². The Hall–Kier alpha value is -3.19. The number of nitrogens with zero attached hydrogens (tertiary/aromatic N) is 4. The summed E-state index contributed by atoms with van der Waals surface area (Å²) in [6, 6.07) is 12.1. The number of aromatic nitrogens is 5. The molecule has 4 aromatic rings. The summed E-state index contributed by atoms with van der Waals surface area (Å²) in [5, 5.41) is 5.63. The molecule has 5 rings (SSSR count). The molecule has 4 heterocycles. The van der Waals surface area contributed by atoms with Gasteiger partial charge in [0.05, 0.1) is 28.8 Å². The number of hydrogen-bond acceptors (Lipinski definition) is 5. The van der Waals surface area contributed by atoms with E-state index in [1.807, 2.05) is 36.0 Å². The number of H-pyrrole nitrogens is 1. The monoisotopic (exact) mass is 374 g/mol. The van der Waals surface area contributed by atoms with Crippen LogP contribution in [0.4, 0.5) is 5.95 Å². The van der Waals surface area contributed by atoms with Crippen LogP contribution in [0.15, 0.2) is 42.6 Å². The molecular formula is C21H22N6O. The summed E-state index contributed by atoms with van der Waals surface area (Å²) in [4.78, 5) is 12.3. The number of nitrogens with one attached hydrogen (secondary N) is 1. The van der Waals surface area contributed by atoms with Crippen LogP contribution in [0.5, 0.6) is 0 Å². The summed E-state index contributed by atoms with van der Waals surface area (Å²) < 4.78 is 7.88. The molecule has 1 aliphatic heterocycles. The molecule has 28 heavy (non-hydrogen) atoms. The smallest absolute Gasteiger partial charge is 0.198 e. The Bertz CT molecular complexity index is 1140. The van der Waals surface area contributed by atoms with Crippen LogP contribution in [0, 0.1) is 6.92 Å². The van der Waals surface area contributed by atoms with E-state index in [1.54, 1.807) is 0 Å². The third-order valence-electron chi connectivity index (χ3n) is 5.16. The molecule has 1 aromatic carbocycles. The van der Waals surface area contributed by atoms with Gasteiger partial charge in [-0.2, -0.15) is 5.10 Å². The normalized spacial score (nSPS) is 17.2. The van der Waals surface area contributed by atoms with Crippen molar-refractivity contribution < 1.29 is 4.74 Å². The van der Waals surface area contributed by atoms with E-state index < -0.39 is 0 Å². The zero-order valence-corrected chi connectivity index (χ0v) is 15.7. The number of nitrogens with two attached hydrogens (primary N) is 1. The summed E-state index contributed by atoms with van der Waals surface area (Å²) in [6.07, 6.45) is 5.19. The van der Waals surface area contributed by atoms with E-state index >= 15 is 0 Å². The number of aryl methyl sites for hydroxylation is 1. The van der Waals surface area contributed by atoms with Crippen molar-refractivity contribution in [3.63, 3.8) is 0 Å². The molecule has 7 heteroatoms. The second-order valence-corrected chi connectivity index (χ2v) is 7.19. The number of nitrogen functional groups attached to an aromatic ring is 1. The number of pyridine rings is 1. The summed E-state index contributed by atoms with van der Waals surface area (Å²) in [7, 11) is 0. The molecule has 0 bridgehead atoms. The quantitative estimate of drug-likeness (QED) is 0.563. The first-order valence-electron chi connectivity index (χ1n) is 9.58. The molecule has 142 valence electrons. The van der Waals surface area contributed by atoms with Gasteiger partial charge in [-0.25, -0.2) is 9.67 Å². The van der Waals surface area contributed by atoms with E-state index in [2.05, 4.69) is 38.2 Å². The zero-order chi connectivity index (χ0) is 19.1. The summed E-state index contributed by atoms with van der Waals surface area (Å²) in [5.74, 6) is 0.375. The Morgan fingerprint density at radius 1 is 1.18 bits per heavy atom. The van der Waals surface area contributed by atoms with E-state index in [0.717, 1.165) is 58.7 Å². The lowest BCUT2D eigenvalue weighted by Gasteiger charge is -2.23. The molecule has 0 radical (unpaired) electrons. The maximum absolute atomic E-state index is 5.98. The lowest BCUT2D eigenvalue weighted by molar-refractivity contribution is -0.0366. The standard InChI is InChI=1S/C21H22N6O/c1-13-5-4-6-16(24-13)20-19(25-21(22)26-20)14-8-9-17-15(11-14)12-23-27(17)18-7-2-3-10-28-18/h4-6,8-9,11-12,18H,2-3,7,10H2,1H3,(H3,22,25,26). The van der Waals surface area contributed by atoms with E-state index in [-0.39, 0.29) is 6.23 Å².